The van der Waals surface area contributed by atoms with Crippen molar-refractivity contribution in [3.8, 4) is 33.4 Å². The summed E-state index contributed by atoms with van der Waals surface area (Å²) < 4.78 is 127. The maximum atomic E-state index is 9.21. The van der Waals surface area contributed by atoms with Gasteiger partial charge in [-0.05, 0) is 73.6 Å². The molecule has 2 heterocycles. The highest BCUT2D eigenvalue weighted by molar-refractivity contribution is 6.22. The van der Waals surface area contributed by atoms with Gasteiger partial charge in [-0.15, -0.1) is 0 Å². The zero-order chi connectivity index (χ0) is 38.9. The third-order valence-electron chi connectivity index (χ3n) is 7.68. The standard InChI is InChI=1S/C40H24O2/c1-3-11-25(12-4-1)35-24-41-39-33(35)21-20-32-34-23-27(19-22-36(34)42-40(32)39)38-30-17-9-7-15-28(30)37(26-13-5-2-6-14-26)29-16-8-10-18-31(29)38/h1-24H/i2D,5D,6D,7D,8D,9D,10D,13D,14D,15D,16D,17D,18D. The van der Waals surface area contributed by atoms with Gasteiger partial charge in [-0.2, -0.15) is 0 Å². The SMILES string of the molecule is [2H]c1c([2H])c([2H])c(-c2c3c([2H])c([2H])c([2H])c([2H])c3c(-c3ccc4oc5c(ccc6c(-c7ccccc7)coc65)c4c3)c3c([2H])c([2H])c([2H])c([2H])c23)c([2H])c1[2H]. The molecule has 2 aromatic heterocycles. The Bertz CT molecular complexity index is 3070. The van der Waals surface area contributed by atoms with Crippen molar-refractivity contribution in [3.05, 3.63) is 145 Å². The Balaban J connectivity index is 1.47. The second kappa shape index (κ2) is 8.95. The first-order valence-corrected chi connectivity index (χ1v) is 13.2. The van der Waals surface area contributed by atoms with Crippen LogP contribution in [0.5, 0.6) is 0 Å². The molecule has 0 aliphatic heterocycles. The number of rotatable bonds is 3. The molecular weight excluding hydrogens is 512 g/mol. The molecule has 0 atom stereocenters. The van der Waals surface area contributed by atoms with Crippen molar-refractivity contribution in [3.63, 3.8) is 0 Å². The Morgan fingerprint density at radius 3 is 1.76 bits per heavy atom. The van der Waals surface area contributed by atoms with E-state index >= 15 is 0 Å². The van der Waals surface area contributed by atoms with E-state index in [-0.39, 0.29) is 32.7 Å². The van der Waals surface area contributed by atoms with Gasteiger partial charge in [-0.25, -0.2) is 0 Å². The summed E-state index contributed by atoms with van der Waals surface area (Å²) in [4.78, 5) is 0. The van der Waals surface area contributed by atoms with Crippen LogP contribution in [-0.2, 0) is 0 Å². The fraction of sp³-hybridized carbons (Fsp3) is 0. The van der Waals surface area contributed by atoms with Crippen molar-refractivity contribution in [1.29, 1.82) is 0 Å². The Labute approximate surface area is 260 Å². The summed E-state index contributed by atoms with van der Waals surface area (Å²) in [5.74, 6) is 0. The van der Waals surface area contributed by atoms with Crippen LogP contribution in [0, 0.1) is 0 Å². The Morgan fingerprint density at radius 1 is 0.452 bits per heavy atom. The third kappa shape index (κ3) is 3.33. The van der Waals surface area contributed by atoms with E-state index in [2.05, 4.69) is 0 Å². The minimum Gasteiger partial charge on any atom is -0.460 e. The van der Waals surface area contributed by atoms with Gasteiger partial charge in [0.1, 0.15) is 5.58 Å². The summed E-state index contributed by atoms with van der Waals surface area (Å²) in [6.45, 7) is 0. The van der Waals surface area contributed by atoms with Gasteiger partial charge in [0.05, 0.1) is 24.1 Å². The first-order chi connectivity index (χ1) is 26.2. The molecule has 0 aliphatic rings. The average molecular weight is 550 g/mol. The molecule has 0 fully saturated rings. The van der Waals surface area contributed by atoms with Crippen LogP contribution in [0.25, 0.3) is 87.8 Å². The first-order valence-electron chi connectivity index (χ1n) is 19.7. The Hall–Kier alpha value is -5.60. The molecule has 7 aromatic carbocycles. The molecule has 9 rings (SSSR count). The predicted molar refractivity (Wildman–Crippen MR) is 175 cm³/mol. The monoisotopic (exact) mass is 549 g/mol. The van der Waals surface area contributed by atoms with Gasteiger partial charge in [0.15, 0.2) is 11.2 Å². The molecular formula is C40H24O2. The highest BCUT2D eigenvalue weighted by Gasteiger charge is 2.19. The number of benzene rings is 7. The van der Waals surface area contributed by atoms with E-state index in [9.17, 15) is 2.74 Å². The summed E-state index contributed by atoms with van der Waals surface area (Å²) in [6.07, 6.45) is 1.66. The highest BCUT2D eigenvalue weighted by Crippen LogP contribution is 2.45. The zero-order valence-corrected chi connectivity index (χ0v) is 21.7. The highest BCUT2D eigenvalue weighted by atomic mass is 16.4. The summed E-state index contributed by atoms with van der Waals surface area (Å²) in [6, 6.07) is 10.1. The molecule has 0 aliphatic carbocycles. The molecule has 0 N–H and O–H groups in total. The quantitative estimate of drug-likeness (QED) is 0.205. The second-order valence-electron chi connectivity index (χ2n) is 9.90. The van der Waals surface area contributed by atoms with E-state index in [1.807, 2.05) is 42.5 Å². The normalized spacial score (nSPS) is 16.1. The van der Waals surface area contributed by atoms with E-state index in [1.165, 1.54) is 0 Å². The number of hydrogen-bond acceptors (Lipinski definition) is 2. The fourth-order valence-corrected chi connectivity index (χ4v) is 5.86. The van der Waals surface area contributed by atoms with Crippen LogP contribution in [0.1, 0.15) is 17.8 Å². The molecule has 42 heavy (non-hydrogen) atoms. The van der Waals surface area contributed by atoms with Crippen molar-refractivity contribution < 1.29 is 26.7 Å². The summed E-state index contributed by atoms with van der Waals surface area (Å²) in [5, 5.41) is 1.23. The van der Waals surface area contributed by atoms with Crippen LogP contribution in [-0.4, -0.2) is 0 Å². The maximum absolute atomic E-state index is 9.21. The smallest absolute Gasteiger partial charge is 0.178 e. The van der Waals surface area contributed by atoms with Crippen molar-refractivity contribution in [2.24, 2.45) is 0 Å². The molecule has 0 unspecified atom stereocenters. The summed E-state index contributed by atoms with van der Waals surface area (Å²) in [7, 11) is 0. The van der Waals surface area contributed by atoms with Crippen molar-refractivity contribution >= 4 is 54.5 Å². The molecule has 0 saturated carbocycles. The molecule has 0 spiro atoms. The molecule has 9 aromatic rings. The largest absolute Gasteiger partial charge is 0.460 e. The first kappa shape index (κ1) is 13.8. The Morgan fingerprint density at radius 2 is 1.07 bits per heavy atom. The molecule has 0 bridgehead atoms. The maximum Gasteiger partial charge on any atom is 0.178 e. The van der Waals surface area contributed by atoms with Crippen molar-refractivity contribution in [2.45, 2.75) is 0 Å². The lowest BCUT2D eigenvalue weighted by molar-refractivity contribution is 0.600. The lowest BCUT2D eigenvalue weighted by Crippen LogP contribution is -1.90. The number of fused-ring (bicyclic) bond motifs is 7. The van der Waals surface area contributed by atoms with Crippen LogP contribution < -0.4 is 0 Å². The van der Waals surface area contributed by atoms with Gasteiger partial charge in [0.2, 0.25) is 0 Å². The molecule has 2 heteroatoms. The molecule has 0 radical (unpaired) electrons. The van der Waals surface area contributed by atoms with Crippen LogP contribution in [0.3, 0.4) is 0 Å². The topological polar surface area (TPSA) is 26.3 Å². The van der Waals surface area contributed by atoms with Crippen molar-refractivity contribution in [2.75, 3.05) is 0 Å². The van der Waals surface area contributed by atoms with E-state index in [4.69, 9.17) is 23.9 Å². The summed E-state index contributed by atoms with van der Waals surface area (Å²) >= 11 is 0. The van der Waals surface area contributed by atoms with Crippen LogP contribution >= 0.6 is 0 Å². The van der Waals surface area contributed by atoms with E-state index in [0.29, 0.717) is 33.1 Å². The van der Waals surface area contributed by atoms with Crippen LogP contribution in [0.15, 0.2) is 154 Å². The van der Waals surface area contributed by atoms with Gasteiger partial charge in [0.25, 0.3) is 0 Å². The molecule has 2 nitrogen and oxygen atoms in total. The Kier molecular flexibility index (Phi) is 2.95. The van der Waals surface area contributed by atoms with E-state index in [0.717, 1.165) is 16.5 Å². The number of hydrogen-bond donors (Lipinski definition) is 0. The summed E-state index contributed by atoms with van der Waals surface area (Å²) in [5.41, 5.74) is 2.83. The average Bonchev–Trinajstić information content (AvgIpc) is 3.80. The van der Waals surface area contributed by atoms with E-state index in [1.54, 1.807) is 24.5 Å². The minimum atomic E-state index is -0.720. The van der Waals surface area contributed by atoms with Gasteiger partial charge in [-0.3, -0.25) is 0 Å². The van der Waals surface area contributed by atoms with Gasteiger partial charge >= 0.3 is 0 Å². The van der Waals surface area contributed by atoms with Crippen LogP contribution in [0.4, 0.5) is 0 Å². The fourth-order valence-electron chi connectivity index (χ4n) is 5.86. The lowest BCUT2D eigenvalue weighted by Gasteiger charge is -2.17. The predicted octanol–water partition coefficient (Wildman–Crippen LogP) is 11.6. The van der Waals surface area contributed by atoms with Crippen LogP contribution in [0.2, 0.25) is 0 Å². The van der Waals surface area contributed by atoms with Gasteiger partial charge in [0, 0.05) is 21.7 Å². The minimum absolute atomic E-state index is 0.0433. The molecule has 0 saturated heterocycles. The zero-order valence-electron chi connectivity index (χ0n) is 34.7. The number of furan rings is 2. The van der Waals surface area contributed by atoms with Gasteiger partial charge < -0.3 is 8.83 Å². The van der Waals surface area contributed by atoms with Gasteiger partial charge in [-0.1, -0.05) is 115 Å². The van der Waals surface area contributed by atoms with E-state index < -0.39 is 84.1 Å². The lowest BCUT2D eigenvalue weighted by atomic mass is 9.86. The molecule has 196 valence electrons. The third-order valence-corrected chi connectivity index (χ3v) is 7.68. The molecule has 0 amide bonds. The second-order valence-corrected chi connectivity index (χ2v) is 9.90. The van der Waals surface area contributed by atoms with Crippen molar-refractivity contribution in [1.82, 2.24) is 0 Å².